The third-order valence-corrected chi connectivity index (χ3v) is 6.87. The number of benzene rings is 1. The van der Waals surface area contributed by atoms with Crippen LogP contribution in [0.1, 0.15) is 37.1 Å². The van der Waals surface area contributed by atoms with Crippen LogP contribution < -0.4 is 20.9 Å². The molecule has 36 heavy (non-hydrogen) atoms. The van der Waals surface area contributed by atoms with Gasteiger partial charge in [-0.25, -0.2) is 9.37 Å². The van der Waals surface area contributed by atoms with Crippen molar-refractivity contribution in [3.63, 3.8) is 0 Å². The van der Waals surface area contributed by atoms with Gasteiger partial charge in [-0.2, -0.15) is 10.1 Å². The predicted octanol–water partition coefficient (Wildman–Crippen LogP) is 2.97. The minimum Gasteiger partial charge on any atom is -0.369 e. The van der Waals surface area contributed by atoms with Crippen molar-refractivity contribution in [3.05, 3.63) is 53.6 Å². The lowest BCUT2D eigenvalue weighted by molar-refractivity contribution is -0.134. The fraction of sp³-hybridized carbons (Fsp3) is 0.400. The second-order valence-corrected chi connectivity index (χ2v) is 9.57. The van der Waals surface area contributed by atoms with Crippen LogP contribution in [0.25, 0.3) is 0 Å². The summed E-state index contributed by atoms with van der Waals surface area (Å²) in [5.74, 6) is 0.630. The van der Waals surface area contributed by atoms with Crippen molar-refractivity contribution >= 4 is 35.1 Å². The number of nitrogens with zero attached hydrogens (tertiary/aromatic N) is 5. The van der Waals surface area contributed by atoms with Gasteiger partial charge in [0, 0.05) is 48.3 Å². The number of primary amides is 1. The summed E-state index contributed by atoms with van der Waals surface area (Å²) in [5, 5.41) is 10.3. The molecule has 188 valence electrons. The third kappa shape index (κ3) is 4.60. The van der Waals surface area contributed by atoms with Crippen LogP contribution in [0, 0.1) is 25.1 Å². The number of aromatic amines is 1. The Hall–Kier alpha value is -4.02. The average molecular weight is 493 g/mol. The predicted molar refractivity (Wildman–Crippen MR) is 133 cm³/mol. The van der Waals surface area contributed by atoms with Crippen LogP contribution in [0.2, 0.25) is 0 Å². The molecule has 1 saturated carbocycles. The highest BCUT2D eigenvalue weighted by Gasteiger charge is 2.58. The molecule has 1 aromatic carbocycles. The molecular weight excluding hydrogens is 463 g/mol. The largest absolute Gasteiger partial charge is 0.369 e. The minimum absolute atomic E-state index is 0.162. The van der Waals surface area contributed by atoms with E-state index in [1.54, 1.807) is 17.0 Å². The van der Waals surface area contributed by atoms with E-state index in [0.717, 1.165) is 11.4 Å². The Labute approximate surface area is 208 Å². The molecule has 2 amide bonds. The smallest absolute Gasteiger partial charge is 0.242 e. The molecule has 1 saturated heterocycles. The van der Waals surface area contributed by atoms with Gasteiger partial charge in [-0.3, -0.25) is 14.7 Å². The van der Waals surface area contributed by atoms with Gasteiger partial charge in [0.15, 0.2) is 5.82 Å². The van der Waals surface area contributed by atoms with E-state index in [-0.39, 0.29) is 17.8 Å². The molecule has 1 aliphatic carbocycles. The molecular formula is C25H29FN8O2. The highest BCUT2D eigenvalue weighted by molar-refractivity contribution is 6.13. The van der Waals surface area contributed by atoms with E-state index in [1.165, 1.54) is 12.1 Å². The first-order valence-electron chi connectivity index (χ1n) is 12.0. The van der Waals surface area contributed by atoms with E-state index < -0.39 is 11.3 Å². The summed E-state index contributed by atoms with van der Waals surface area (Å²) in [6.45, 7) is 5.06. The summed E-state index contributed by atoms with van der Waals surface area (Å²) in [4.78, 5) is 38.7. The van der Waals surface area contributed by atoms with Gasteiger partial charge in [-0.05, 0) is 63.8 Å². The molecule has 4 N–H and O–H groups in total. The second kappa shape index (κ2) is 9.21. The number of nitrogens with two attached hydrogens (primary N) is 1. The lowest BCUT2D eigenvalue weighted by Gasteiger charge is -2.39. The van der Waals surface area contributed by atoms with Gasteiger partial charge in [0.25, 0.3) is 0 Å². The maximum atomic E-state index is 13.6. The Morgan fingerprint density at radius 2 is 1.81 bits per heavy atom. The standard InChI is InChI=1S/C25H29FN8O2/c1-15-13-20(29-21-14-16(2)31-32-21)30-24(28-15)33-11-7-19(8-12-33)34(18-5-3-17(26)4-6-18)23(36)25(9-10-25)22(27)35/h3-6,13-14,19H,7-12H2,1-2H3,(H2,27,35)(H2,28,29,30,31,32). The summed E-state index contributed by atoms with van der Waals surface area (Å²) in [7, 11) is 0. The van der Waals surface area contributed by atoms with Crippen molar-refractivity contribution < 1.29 is 14.0 Å². The monoisotopic (exact) mass is 492 g/mol. The average Bonchev–Trinajstić information content (AvgIpc) is 3.58. The van der Waals surface area contributed by atoms with Gasteiger partial charge in [0.2, 0.25) is 17.8 Å². The number of hydrogen-bond donors (Lipinski definition) is 3. The van der Waals surface area contributed by atoms with Gasteiger partial charge in [-0.1, -0.05) is 0 Å². The Kier molecular flexibility index (Phi) is 6.07. The van der Waals surface area contributed by atoms with Gasteiger partial charge in [0.05, 0.1) is 0 Å². The lowest BCUT2D eigenvalue weighted by atomic mass is 9.97. The molecule has 0 bridgehead atoms. The van der Waals surface area contributed by atoms with E-state index >= 15 is 0 Å². The Balaban J connectivity index is 1.34. The van der Waals surface area contributed by atoms with Gasteiger partial charge >= 0.3 is 0 Å². The number of H-pyrrole nitrogens is 1. The number of piperidine rings is 1. The molecule has 11 heteroatoms. The molecule has 0 atom stereocenters. The molecule has 0 radical (unpaired) electrons. The number of aromatic nitrogens is 4. The maximum Gasteiger partial charge on any atom is 0.242 e. The van der Waals surface area contributed by atoms with Crippen LogP contribution in [-0.2, 0) is 9.59 Å². The van der Waals surface area contributed by atoms with Crippen LogP contribution in [0.4, 0.5) is 27.7 Å². The zero-order chi connectivity index (χ0) is 25.4. The first kappa shape index (κ1) is 23.7. The molecule has 2 aromatic heterocycles. The highest BCUT2D eigenvalue weighted by Crippen LogP contribution is 2.48. The topological polar surface area (TPSA) is 133 Å². The molecule has 5 rings (SSSR count). The number of carbonyl (C=O) groups excluding carboxylic acids is 2. The van der Waals surface area contributed by atoms with Crippen molar-refractivity contribution in [2.75, 3.05) is 28.2 Å². The number of amides is 2. The van der Waals surface area contributed by atoms with Crippen LogP contribution in [0.15, 0.2) is 36.4 Å². The molecule has 3 heterocycles. The van der Waals surface area contributed by atoms with Crippen molar-refractivity contribution in [3.8, 4) is 0 Å². The van der Waals surface area contributed by atoms with Crippen LogP contribution >= 0.6 is 0 Å². The van der Waals surface area contributed by atoms with Gasteiger partial charge in [0.1, 0.15) is 17.1 Å². The first-order valence-corrected chi connectivity index (χ1v) is 12.0. The quantitative estimate of drug-likeness (QED) is 0.432. The Morgan fingerprint density at radius 1 is 1.11 bits per heavy atom. The molecule has 0 unspecified atom stereocenters. The molecule has 10 nitrogen and oxygen atoms in total. The van der Waals surface area contributed by atoms with Crippen molar-refractivity contribution in [2.24, 2.45) is 11.1 Å². The molecule has 1 aliphatic heterocycles. The number of carbonyl (C=O) groups is 2. The zero-order valence-corrected chi connectivity index (χ0v) is 20.3. The third-order valence-electron chi connectivity index (χ3n) is 6.87. The molecule has 2 fully saturated rings. The molecule has 2 aliphatic rings. The van der Waals surface area contributed by atoms with E-state index in [0.29, 0.717) is 62.0 Å². The summed E-state index contributed by atoms with van der Waals surface area (Å²) in [6.07, 6.45) is 2.16. The van der Waals surface area contributed by atoms with Crippen molar-refractivity contribution in [1.29, 1.82) is 0 Å². The van der Waals surface area contributed by atoms with Gasteiger partial charge < -0.3 is 20.9 Å². The Morgan fingerprint density at radius 3 is 2.39 bits per heavy atom. The van der Waals surface area contributed by atoms with Crippen molar-refractivity contribution in [2.45, 2.75) is 45.6 Å². The summed E-state index contributed by atoms with van der Waals surface area (Å²) in [6, 6.07) is 9.39. The number of aryl methyl sites for hydroxylation is 2. The first-order chi connectivity index (χ1) is 17.2. The van der Waals surface area contributed by atoms with E-state index in [9.17, 15) is 14.0 Å². The number of anilines is 4. The second-order valence-electron chi connectivity index (χ2n) is 9.57. The number of halogens is 1. The van der Waals surface area contributed by atoms with Crippen LogP contribution in [0.3, 0.4) is 0 Å². The minimum atomic E-state index is -1.16. The number of hydrogen-bond acceptors (Lipinski definition) is 7. The van der Waals surface area contributed by atoms with Crippen molar-refractivity contribution in [1.82, 2.24) is 20.2 Å². The fourth-order valence-corrected chi connectivity index (χ4v) is 4.71. The summed E-state index contributed by atoms with van der Waals surface area (Å²) < 4.78 is 13.6. The maximum absolute atomic E-state index is 13.6. The normalized spacial score (nSPS) is 17.0. The SMILES string of the molecule is Cc1cc(Nc2cc(C)[nH]n2)nc(N2CCC(N(C(=O)C3(C(N)=O)CC3)c3ccc(F)cc3)CC2)n1. The van der Waals surface area contributed by atoms with Crippen LogP contribution in [0.5, 0.6) is 0 Å². The van der Waals surface area contributed by atoms with E-state index in [4.69, 9.17) is 5.73 Å². The van der Waals surface area contributed by atoms with Gasteiger partial charge in [-0.15, -0.1) is 0 Å². The summed E-state index contributed by atoms with van der Waals surface area (Å²) >= 11 is 0. The zero-order valence-electron chi connectivity index (χ0n) is 20.3. The number of rotatable bonds is 7. The molecule has 0 spiro atoms. The molecule has 3 aromatic rings. The van der Waals surface area contributed by atoms with E-state index in [1.807, 2.05) is 26.0 Å². The lowest BCUT2D eigenvalue weighted by Crippen LogP contribution is -2.52. The summed E-state index contributed by atoms with van der Waals surface area (Å²) in [5.41, 5.74) is 6.77. The number of nitrogens with one attached hydrogen (secondary N) is 2. The highest BCUT2D eigenvalue weighted by atomic mass is 19.1. The van der Waals surface area contributed by atoms with E-state index in [2.05, 4.69) is 30.4 Å². The fourth-order valence-electron chi connectivity index (χ4n) is 4.71. The van der Waals surface area contributed by atoms with Crippen LogP contribution in [-0.4, -0.2) is 51.1 Å². The Bertz CT molecular complexity index is 1280.